The van der Waals surface area contributed by atoms with Crippen LogP contribution in [0.25, 0.3) is 11.1 Å². The molecule has 0 radical (unpaired) electrons. The summed E-state index contributed by atoms with van der Waals surface area (Å²) in [4.78, 5) is 8.05. The second-order valence-electron chi connectivity index (χ2n) is 5.80. The summed E-state index contributed by atoms with van der Waals surface area (Å²) in [5.74, 6) is 0.549. The maximum atomic E-state index is 13.1. The van der Waals surface area contributed by atoms with Crippen molar-refractivity contribution in [1.82, 2.24) is 9.97 Å². The number of benzene rings is 2. The number of halogens is 5. The number of nitrogens with zero attached hydrogens (tertiary/aromatic N) is 2. The highest BCUT2D eigenvalue weighted by Crippen LogP contribution is 2.38. The largest absolute Gasteiger partial charge is 0.417 e. The highest BCUT2D eigenvalue weighted by atomic mass is 35.5. The SMILES string of the molecule is Cc1cc(Nc2cc(Cl)cc(-c3ccc(Cl)c(C(F)(F)F)c3)c2)nc(N)n1. The van der Waals surface area contributed by atoms with E-state index in [1.165, 1.54) is 12.1 Å². The van der Waals surface area contributed by atoms with Crippen molar-refractivity contribution in [2.24, 2.45) is 0 Å². The Morgan fingerprint density at radius 3 is 2.37 bits per heavy atom. The fourth-order valence-electron chi connectivity index (χ4n) is 2.55. The molecule has 0 aliphatic heterocycles. The topological polar surface area (TPSA) is 63.8 Å². The number of aryl methyl sites for hydroxylation is 1. The van der Waals surface area contributed by atoms with Gasteiger partial charge in [-0.1, -0.05) is 29.3 Å². The zero-order valence-corrected chi connectivity index (χ0v) is 15.4. The van der Waals surface area contributed by atoms with Crippen LogP contribution >= 0.6 is 23.2 Å². The lowest BCUT2D eigenvalue weighted by molar-refractivity contribution is -0.137. The molecule has 3 N–H and O–H groups in total. The molecule has 3 rings (SSSR count). The van der Waals surface area contributed by atoms with Gasteiger partial charge in [-0.2, -0.15) is 18.2 Å². The number of anilines is 3. The van der Waals surface area contributed by atoms with Crippen LogP contribution in [-0.4, -0.2) is 9.97 Å². The average molecular weight is 413 g/mol. The highest BCUT2D eigenvalue weighted by Gasteiger charge is 2.33. The molecule has 0 spiro atoms. The summed E-state index contributed by atoms with van der Waals surface area (Å²) in [6, 6.07) is 10.2. The Hall–Kier alpha value is -2.51. The van der Waals surface area contributed by atoms with Gasteiger partial charge in [0.15, 0.2) is 0 Å². The molecule has 1 aromatic heterocycles. The minimum absolute atomic E-state index is 0.104. The molecule has 0 fully saturated rings. The maximum absolute atomic E-state index is 13.1. The standard InChI is InChI=1S/C18H13Cl2F3N4/c1-9-4-16(27-17(24)25-9)26-13-6-11(5-12(19)8-13)10-2-3-15(20)14(7-10)18(21,22)23/h2-8H,1H3,(H3,24,25,26,27). The van der Waals surface area contributed by atoms with Gasteiger partial charge in [0.2, 0.25) is 5.95 Å². The van der Waals surface area contributed by atoms with Gasteiger partial charge in [-0.25, -0.2) is 4.98 Å². The van der Waals surface area contributed by atoms with Crippen molar-refractivity contribution in [1.29, 1.82) is 0 Å². The molecule has 0 saturated carbocycles. The second kappa shape index (κ2) is 7.25. The van der Waals surface area contributed by atoms with Crippen LogP contribution in [0, 0.1) is 6.92 Å². The molecule has 2 aromatic carbocycles. The summed E-state index contributed by atoms with van der Waals surface area (Å²) < 4.78 is 39.4. The predicted octanol–water partition coefficient (Wildman–Crippen LogP) is 6.10. The molecular weight excluding hydrogens is 400 g/mol. The molecule has 0 aliphatic carbocycles. The van der Waals surface area contributed by atoms with E-state index in [2.05, 4.69) is 15.3 Å². The van der Waals surface area contributed by atoms with Gasteiger partial charge >= 0.3 is 6.18 Å². The van der Waals surface area contributed by atoms with Gasteiger partial charge in [0.05, 0.1) is 10.6 Å². The van der Waals surface area contributed by atoms with Crippen molar-refractivity contribution in [3.63, 3.8) is 0 Å². The Morgan fingerprint density at radius 2 is 1.70 bits per heavy atom. The zero-order chi connectivity index (χ0) is 19.8. The molecule has 0 bridgehead atoms. The van der Waals surface area contributed by atoms with E-state index in [1.807, 2.05) is 0 Å². The minimum Gasteiger partial charge on any atom is -0.368 e. The predicted molar refractivity (Wildman–Crippen MR) is 101 cm³/mol. The van der Waals surface area contributed by atoms with Crippen molar-refractivity contribution in [3.8, 4) is 11.1 Å². The molecule has 0 unspecified atom stereocenters. The van der Waals surface area contributed by atoms with Crippen LogP contribution in [0.5, 0.6) is 0 Å². The molecule has 140 valence electrons. The van der Waals surface area contributed by atoms with E-state index < -0.39 is 11.7 Å². The number of aromatic nitrogens is 2. The number of nitrogens with one attached hydrogen (secondary N) is 1. The van der Waals surface area contributed by atoms with Crippen LogP contribution < -0.4 is 11.1 Å². The molecule has 9 heteroatoms. The Morgan fingerprint density at radius 1 is 0.963 bits per heavy atom. The number of alkyl halides is 3. The van der Waals surface area contributed by atoms with Crippen molar-refractivity contribution in [3.05, 3.63) is 63.8 Å². The summed E-state index contributed by atoms with van der Waals surface area (Å²) in [5.41, 5.74) is 6.75. The lowest BCUT2D eigenvalue weighted by atomic mass is 10.0. The number of hydrogen-bond acceptors (Lipinski definition) is 4. The lowest BCUT2D eigenvalue weighted by Gasteiger charge is -2.13. The molecule has 4 nitrogen and oxygen atoms in total. The first-order valence-electron chi connectivity index (χ1n) is 7.68. The van der Waals surface area contributed by atoms with Crippen LogP contribution in [0.4, 0.5) is 30.6 Å². The summed E-state index contributed by atoms with van der Waals surface area (Å²) in [5, 5.41) is 3.01. The van der Waals surface area contributed by atoms with Crippen LogP contribution in [0.15, 0.2) is 42.5 Å². The second-order valence-corrected chi connectivity index (χ2v) is 6.64. The maximum Gasteiger partial charge on any atom is 0.417 e. The van der Waals surface area contributed by atoms with Crippen molar-refractivity contribution >= 4 is 40.7 Å². The number of nitrogens with two attached hydrogens (primary N) is 1. The Balaban J connectivity index is 2.01. The van der Waals surface area contributed by atoms with Crippen molar-refractivity contribution in [2.75, 3.05) is 11.1 Å². The fourth-order valence-corrected chi connectivity index (χ4v) is 3.01. The molecule has 0 amide bonds. The molecule has 0 saturated heterocycles. The van der Waals surface area contributed by atoms with E-state index in [-0.39, 0.29) is 11.0 Å². The van der Waals surface area contributed by atoms with E-state index in [4.69, 9.17) is 28.9 Å². The Labute approximate surface area is 163 Å². The molecule has 1 heterocycles. The monoisotopic (exact) mass is 412 g/mol. The van der Waals surface area contributed by atoms with Gasteiger partial charge in [0.1, 0.15) is 5.82 Å². The third-order valence-corrected chi connectivity index (χ3v) is 4.19. The van der Waals surface area contributed by atoms with Gasteiger partial charge < -0.3 is 11.1 Å². The molecule has 27 heavy (non-hydrogen) atoms. The third-order valence-electron chi connectivity index (χ3n) is 3.65. The molecule has 0 aliphatic rings. The first-order valence-corrected chi connectivity index (χ1v) is 8.43. The van der Waals surface area contributed by atoms with E-state index in [0.29, 0.717) is 33.3 Å². The van der Waals surface area contributed by atoms with Gasteiger partial charge in [0, 0.05) is 22.5 Å². The first-order chi connectivity index (χ1) is 12.6. The Kier molecular flexibility index (Phi) is 5.17. The lowest BCUT2D eigenvalue weighted by Crippen LogP contribution is -2.06. The van der Waals surface area contributed by atoms with Crippen LogP contribution in [0.1, 0.15) is 11.3 Å². The molecule has 0 atom stereocenters. The number of rotatable bonds is 3. The normalized spacial score (nSPS) is 11.5. The summed E-state index contributed by atoms with van der Waals surface area (Å²) in [6.07, 6.45) is -4.55. The summed E-state index contributed by atoms with van der Waals surface area (Å²) in [7, 11) is 0. The number of hydrogen-bond donors (Lipinski definition) is 2. The van der Waals surface area contributed by atoms with E-state index in [9.17, 15) is 13.2 Å². The average Bonchev–Trinajstić information content (AvgIpc) is 2.52. The van der Waals surface area contributed by atoms with Crippen LogP contribution in [-0.2, 0) is 6.18 Å². The van der Waals surface area contributed by atoms with Gasteiger partial charge in [-0.3, -0.25) is 0 Å². The van der Waals surface area contributed by atoms with Crippen molar-refractivity contribution in [2.45, 2.75) is 13.1 Å². The number of nitrogen functional groups attached to an aromatic ring is 1. The molecule has 3 aromatic rings. The van der Waals surface area contributed by atoms with E-state index in [1.54, 1.807) is 31.2 Å². The van der Waals surface area contributed by atoms with E-state index >= 15 is 0 Å². The van der Waals surface area contributed by atoms with Gasteiger partial charge in [-0.15, -0.1) is 0 Å². The van der Waals surface area contributed by atoms with Gasteiger partial charge in [-0.05, 0) is 48.4 Å². The zero-order valence-electron chi connectivity index (χ0n) is 13.9. The first kappa shape index (κ1) is 19.3. The quantitative estimate of drug-likeness (QED) is 0.545. The Bertz CT molecular complexity index is 986. The van der Waals surface area contributed by atoms with Crippen LogP contribution in [0.3, 0.4) is 0 Å². The minimum atomic E-state index is -4.55. The summed E-state index contributed by atoms with van der Waals surface area (Å²) >= 11 is 11.8. The van der Waals surface area contributed by atoms with Gasteiger partial charge in [0.25, 0.3) is 0 Å². The summed E-state index contributed by atoms with van der Waals surface area (Å²) in [6.45, 7) is 1.76. The van der Waals surface area contributed by atoms with Crippen molar-refractivity contribution < 1.29 is 13.2 Å². The molecular formula is C18H13Cl2F3N4. The van der Waals surface area contributed by atoms with Crippen LogP contribution in [0.2, 0.25) is 10.0 Å². The highest BCUT2D eigenvalue weighted by molar-refractivity contribution is 6.32. The smallest absolute Gasteiger partial charge is 0.368 e. The third kappa shape index (κ3) is 4.61. The fraction of sp³-hybridized carbons (Fsp3) is 0.111. The van der Waals surface area contributed by atoms with E-state index in [0.717, 1.165) is 6.07 Å².